The Morgan fingerprint density at radius 2 is 0.635 bits per heavy atom. The van der Waals surface area contributed by atoms with Gasteiger partial charge >= 0.3 is 0 Å². The Balaban J connectivity index is 1.26. The Bertz CT molecular complexity index is 2940. The third kappa shape index (κ3) is 5.08. The lowest BCUT2D eigenvalue weighted by Crippen LogP contribution is -1.93. The molecule has 52 heavy (non-hydrogen) atoms. The van der Waals surface area contributed by atoms with Crippen LogP contribution in [0.1, 0.15) is 0 Å². The van der Waals surface area contributed by atoms with E-state index in [1.165, 1.54) is 98.7 Å². The summed E-state index contributed by atoms with van der Waals surface area (Å²) in [6, 6.07) is 75.6. The first-order valence-corrected chi connectivity index (χ1v) is 18.0. The van der Waals surface area contributed by atoms with Gasteiger partial charge in [-0.05, 0) is 117 Å². The van der Waals surface area contributed by atoms with Gasteiger partial charge in [-0.1, -0.05) is 188 Å². The second kappa shape index (κ2) is 12.5. The first kappa shape index (κ1) is 30.1. The second-order valence-corrected chi connectivity index (χ2v) is 13.6. The van der Waals surface area contributed by atoms with Gasteiger partial charge < -0.3 is 0 Å². The minimum Gasteiger partial charge on any atom is -0.0622 e. The summed E-state index contributed by atoms with van der Waals surface area (Å²) in [5.74, 6) is 0. The van der Waals surface area contributed by atoms with E-state index in [9.17, 15) is 0 Å². The van der Waals surface area contributed by atoms with Crippen molar-refractivity contribution in [2.24, 2.45) is 0 Å². The van der Waals surface area contributed by atoms with Crippen LogP contribution in [0.15, 0.2) is 206 Å². The van der Waals surface area contributed by atoms with Crippen LogP contribution in [0.4, 0.5) is 0 Å². The normalized spacial score (nSPS) is 11.5. The zero-order valence-corrected chi connectivity index (χ0v) is 28.6. The summed E-state index contributed by atoms with van der Waals surface area (Å²) in [6.45, 7) is 0. The van der Waals surface area contributed by atoms with Crippen molar-refractivity contribution in [2.45, 2.75) is 0 Å². The summed E-state index contributed by atoms with van der Waals surface area (Å²) >= 11 is 0. The van der Waals surface area contributed by atoms with Gasteiger partial charge in [-0.3, -0.25) is 0 Å². The van der Waals surface area contributed by atoms with Crippen molar-refractivity contribution >= 4 is 43.1 Å². The molecule has 0 saturated carbocycles. The van der Waals surface area contributed by atoms with Gasteiger partial charge in [0.15, 0.2) is 0 Å². The Morgan fingerprint density at radius 3 is 1.37 bits per heavy atom. The van der Waals surface area contributed by atoms with Crippen LogP contribution in [0.2, 0.25) is 0 Å². The number of hydrogen-bond acceptors (Lipinski definition) is 0. The molecule has 0 aromatic heterocycles. The Morgan fingerprint density at radius 1 is 0.192 bits per heavy atom. The van der Waals surface area contributed by atoms with Gasteiger partial charge in [0, 0.05) is 0 Å². The molecule has 0 heterocycles. The second-order valence-electron chi connectivity index (χ2n) is 13.6. The number of fused-ring (bicyclic) bond motifs is 4. The average molecular weight is 659 g/mol. The lowest BCUT2D eigenvalue weighted by Gasteiger charge is -2.20. The van der Waals surface area contributed by atoms with Crippen LogP contribution in [0.3, 0.4) is 0 Å². The van der Waals surface area contributed by atoms with Crippen molar-refractivity contribution in [2.75, 3.05) is 0 Å². The van der Waals surface area contributed by atoms with E-state index in [2.05, 4.69) is 206 Å². The standard InChI is InChI=1S/C52H34/c1-2-14-35(15-3-1)38-20-11-23-42(33-38)51-47-26-8-9-27-48(47)52(46-29-13-19-37-17-5-7-25-44(37)46)49-31-30-40(34-50(49)51)39-21-10-22-41(32-39)45-28-12-18-36-16-4-6-24-43(36)45/h1-34H. The van der Waals surface area contributed by atoms with Crippen LogP contribution < -0.4 is 0 Å². The molecular formula is C52H34. The van der Waals surface area contributed by atoms with Crippen LogP contribution >= 0.6 is 0 Å². The summed E-state index contributed by atoms with van der Waals surface area (Å²) in [5.41, 5.74) is 12.3. The van der Waals surface area contributed by atoms with Gasteiger partial charge in [0.1, 0.15) is 0 Å². The van der Waals surface area contributed by atoms with E-state index < -0.39 is 0 Å². The highest BCUT2D eigenvalue weighted by molar-refractivity contribution is 6.24. The molecule has 242 valence electrons. The molecule has 0 saturated heterocycles. The first-order valence-electron chi connectivity index (χ1n) is 18.0. The topological polar surface area (TPSA) is 0 Å². The summed E-state index contributed by atoms with van der Waals surface area (Å²) in [5, 5.41) is 10.1. The quantitative estimate of drug-likeness (QED) is 0.161. The van der Waals surface area contributed by atoms with Crippen molar-refractivity contribution in [1.29, 1.82) is 0 Å². The number of hydrogen-bond donors (Lipinski definition) is 0. The van der Waals surface area contributed by atoms with E-state index in [0.29, 0.717) is 0 Å². The minimum absolute atomic E-state index is 1.20. The zero-order valence-electron chi connectivity index (χ0n) is 28.6. The van der Waals surface area contributed by atoms with Gasteiger partial charge in [-0.15, -0.1) is 0 Å². The third-order valence-corrected chi connectivity index (χ3v) is 10.6. The zero-order chi connectivity index (χ0) is 34.4. The molecule has 0 radical (unpaired) electrons. The molecule has 0 N–H and O–H groups in total. The highest BCUT2D eigenvalue weighted by Gasteiger charge is 2.19. The molecule has 10 aromatic rings. The van der Waals surface area contributed by atoms with Crippen LogP contribution in [0, 0.1) is 0 Å². The van der Waals surface area contributed by atoms with Gasteiger partial charge in [0.2, 0.25) is 0 Å². The molecule has 10 aromatic carbocycles. The molecule has 0 spiro atoms. The van der Waals surface area contributed by atoms with Crippen LogP contribution in [-0.4, -0.2) is 0 Å². The first-order chi connectivity index (χ1) is 25.8. The highest BCUT2D eigenvalue weighted by atomic mass is 14.2. The fraction of sp³-hybridized carbons (Fsp3) is 0. The fourth-order valence-corrected chi connectivity index (χ4v) is 8.23. The maximum Gasteiger partial charge on any atom is -0.00201 e. The van der Waals surface area contributed by atoms with Gasteiger partial charge in [0.05, 0.1) is 0 Å². The van der Waals surface area contributed by atoms with E-state index >= 15 is 0 Å². The fourth-order valence-electron chi connectivity index (χ4n) is 8.23. The smallest absolute Gasteiger partial charge is 0.00201 e. The van der Waals surface area contributed by atoms with E-state index in [1.54, 1.807) is 0 Å². The van der Waals surface area contributed by atoms with Crippen molar-refractivity contribution in [3.8, 4) is 55.6 Å². The summed E-state index contributed by atoms with van der Waals surface area (Å²) in [7, 11) is 0. The maximum atomic E-state index is 2.43. The highest BCUT2D eigenvalue weighted by Crippen LogP contribution is 2.47. The lowest BCUT2D eigenvalue weighted by molar-refractivity contribution is 1.60. The molecule has 0 bridgehead atoms. The van der Waals surface area contributed by atoms with E-state index in [4.69, 9.17) is 0 Å². The van der Waals surface area contributed by atoms with E-state index in [0.717, 1.165) is 0 Å². The molecule has 0 aliphatic carbocycles. The lowest BCUT2D eigenvalue weighted by atomic mass is 9.83. The molecule has 0 amide bonds. The Labute approximate surface area is 303 Å². The summed E-state index contributed by atoms with van der Waals surface area (Å²) in [6.07, 6.45) is 0. The van der Waals surface area contributed by atoms with Crippen molar-refractivity contribution in [3.63, 3.8) is 0 Å². The average Bonchev–Trinajstić information content (AvgIpc) is 3.22. The summed E-state index contributed by atoms with van der Waals surface area (Å²) in [4.78, 5) is 0. The van der Waals surface area contributed by atoms with Crippen LogP contribution in [0.5, 0.6) is 0 Å². The molecule has 0 atom stereocenters. The maximum absolute atomic E-state index is 2.43. The molecule has 0 fully saturated rings. The van der Waals surface area contributed by atoms with Crippen LogP contribution in [0.25, 0.3) is 98.7 Å². The molecule has 10 rings (SSSR count). The van der Waals surface area contributed by atoms with E-state index in [-0.39, 0.29) is 0 Å². The largest absolute Gasteiger partial charge is 0.0622 e. The SMILES string of the molecule is c1ccc(-c2cccc(-c3c4ccccc4c(-c4cccc5ccccc45)c4ccc(-c5cccc(-c6cccc7ccccc67)c5)cc34)c2)cc1. The number of rotatable bonds is 5. The number of benzene rings is 10. The molecule has 0 heteroatoms. The molecule has 0 unspecified atom stereocenters. The van der Waals surface area contributed by atoms with Crippen molar-refractivity contribution < 1.29 is 0 Å². The summed E-state index contributed by atoms with van der Waals surface area (Å²) < 4.78 is 0. The van der Waals surface area contributed by atoms with Crippen molar-refractivity contribution in [3.05, 3.63) is 206 Å². The molecule has 0 aliphatic rings. The van der Waals surface area contributed by atoms with Gasteiger partial charge in [0.25, 0.3) is 0 Å². The van der Waals surface area contributed by atoms with E-state index in [1.807, 2.05) is 0 Å². The minimum atomic E-state index is 1.20. The predicted octanol–water partition coefficient (Wildman–Crippen LogP) is 14.6. The molecule has 0 nitrogen and oxygen atoms in total. The van der Waals surface area contributed by atoms with Gasteiger partial charge in [-0.25, -0.2) is 0 Å². The van der Waals surface area contributed by atoms with Crippen LogP contribution in [-0.2, 0) is 0 Å². The monoisotopic (exact) mass is 658 g/mol. The van der Waals surface area contributed by atoms with Crippen molar-refractivity contribution in [1.82, 2.24) is 0 Å². The Hall–Kier alpha value is -6.76. The molecule has 0 aliphatic heterocycles. The van der Waals surface area contributed by atoms with Gasteiger partial charge in [-0.2, -0.15) is 0 Å². The predicted molar refractivity (Wildman–Crippen MR) is 224 cm³/mol. The molecular weight excluding hydrogens is 625 g/mol. The third-order valence-electron chi connectivity index (χ3n) is 10.6. The Kier molecular flexibility index (Phi) is 7.25.